The van der Waals surface area contributed by atoms with Gasteiger partial charge in [0.1, 0.15) is 0 Å². The molecule has 0 atom stereocenters. The number of morpholine rings is 1. The van der Waals surface area contributed by atoms with Crippen LogP contribution in [0, 0.1) is 12.3 Å². The van der Waals surface area contributed by atoms with Crippen LogP contribution in [0.3, 0.4) is 0 Å². The van der Waals surface area contributed by atoms with Crippen LogP contribution in [0.1, 0.15) is 19.3 Å². The Morgan fingerprint density at radius 2 is 1.78 bits per heavy atom. The van der Waals surface area contributed by atoms with Crippen molar-refractivity contribution in [3.05, 3.63) is 29.9 Å². The molecule has 0 N–H and O–H groups in total. The molecule has 0 amide bonds. The third-order valence-corrected chi connectivity index (χ3v) is 6.80. The van der Waals surface area contributed by atoms with Crippen LogP contribution in [-0.4, -0.2) is 63.5 Å². The fraction of sp³-hybridized carbons (Fsp3) is 0.688. The zero-order valence-corrected chi connectivity index (χ0v) is 14.4. The van der Waals surface area contributed by atoms with Gasteiger partial charge in [-0.3, -0.25) is 0 Å². The van der Waals surface area contributed by atoms with Gasteiger partial charge in [0.05, 0.1) is 26.1 Å². The average molecular weight is 341 g/mol. The standard InChI is InChI=1S/C16H25N2O4S/c1-21-16-4-2-3-15(13-16)14-5-7-17(8-6-14)23(19,20)18-9-11-22-12-10-18/h3-4,13-14H,2,5-12H2,1H3. The molecule has 129 valence electrons. The molecule has 0 spiro atoms. The Bertz CT molecular complexity index is 571. The molecule has 2 aliphatic heterocycles. The maximum Gasteiger partial charge on any atom is 0.282 e. The van der Waals surface area contributed by atoms with Gasteiger partial charge < -0.3 is 9.47 Å². The van der Waals surface area contributed by atoms with E-state index in [9.17, 15) is 8.42 Å². The van der Waals surface area contributed by atoms with Gasteiger partial charge in [-0.15, -0.1) is 0 Å². The van der Waals surface area contributed by atoms with Crippen LogP contribution in [0.15, 0.2) is 23.5 Å². The Morgan fingerprint density at radius 3 is 2.43 bits per heavy atom. The van der Waals surface area contributed by atoms with Crippen molar-refractivity contribution in [2.75, 3.05) is 46.5 Å². The normalized spacial score (nSPS) is 25.8. The van der Waals surface area contributed by atoms with Crippen molar-refractivity contribution < 1.29 is 17.9 Å². The molecule has 0 aromatic rings. The number of rotatable bonds is 4. The van der Waals surface area contributed by atoms with Crippen LogP contribution in [0.2, 0.25) is 0 Å². The van der Waals surface area contributed by atoms with Gasteiger partial charge in [0.25, 0.3) is 10.2 Å². The summed E-state index contributed by atoms with van der Waals surface area (Å²) in [5.41, 5.74) is 1.28. The molecule has 1 aliphatic carbocycles. The fourth-order valence-corrected chi connectivity index (χ4v) is 4.99. The highest BCUT2D eigenvalue weighted by molar-refractivity contribution is 7.86. The molecular weight excluding hydrogens is 316 g/mol. The van der Waals surface area contributed by atoms with Crippen LogP contribution >= 0.6 is 0 Å². The summed E-state index contributed by atoms with van der Waals surface area (Å²) in [5.74, 6) is 1.33. The molecule has 6 nitrogen and oxygen atoms in total. The molecule has 0 aromatic heterocycles. The number of hydrogen-bond donors (Lipinski definition) is 0. The zero-order chi connectivity index (χ0) is 16.3. The second-order valence-electron chi connectivity index (χ2n) is 6.09. The van der Waals surface area contributed by atoms with E-state index in [-0.39, 0.29) is 0 Å². The molecule has 2 heterocycles. The third-order valence-electron chi connectivity index (χ3n) is 4.77. The molecule has 3 rings (SSSR count). The lowest BCUT2D eigenvalue weighted by Crippen LogP contribution is -2.50. The smallest absolute Gasteiger partial charge is 0.282 e. The molecule has 7 heteroatoms. The molecule has 2 saturated heterocycles. The molecule has 0 saturated carbocycles. The largest absolute Gasteiger partial charge is 0.501 e. The summed E-state index contributed by atoms with van der Waals surface area (Å²) < 4.78 is 39.1. The maximum absolute atomic E-state index is 12.7. The Labute approximate surface area is 138 Å². The van der Waals surface area contributed by atoms with Crippen molar-refractivity contribution >= 4 is 10.2 Å². The number of nitrogens with zero attached hydrogens (tertiary/aromatic N) is 2. The summed E-state index contributed by atoms with van der Waals surface area (Å²) in [6, 6.07) is 0. The van der Waals surface area contributed by atoms with Crippen LogP contribution in [0.4, 0.5) is 0 Å². The predicted molar refractivity (Wildman–Crippen MR) is 87.7 cm³/mol. The lowest BCUT2D eigenvalue weighted by atomic mass is 9.86. The number of methoxy groups -OCH3 is 1. The highest BCUT2D eigenvalue weighted by Gasteiger charge is 2.34. The first-order valence-electron chi connectivity index (χ1n) is 8.23. The van der Waals surface area contributed by atoms with Crippen molar-refractivity contribution in [3.8, 4) is 0 Å². The van der Waals surface area contributed by atoms with E-state index < -0.39 is 10.2 Å². The first kappa shape index (κ1) is 17.0. The van der Waals surface area contributed by atoms with Gasteiger partial charge in [-0.1, -0.05) is 6.08 Å². The Kier molecular flexibility index (Phi) is 5.41. The average Bonchev–Trinajstić information content (AvgIpc) is 2.62. The number of allylic oxidation sites excluding steroid dienone is 4. The first-order chi connectivity index (χ1) is 11.1. The molecule has 0 aromatic carbocycles. The molecule has 23 heavy (non-hydrogen) atoms. The van der Waals surface area contributed by atoms with E-state index in [4.69, 9.17) is 9.47 Å². The van der Waals surface area contributed by atoms with Crippen molar-refractivity contribution in [1.82, 2.24) is 8.61 Å². The summed E-state index contributed by atoms with van der Waals surface area (Å²) >= 11 is 0. The van der Waals surface area contributed by atoms with Gasteiger partial charge in [0.15, 0.2) is 0 Å². The summed E-state index contributed by atoms with van der Waals surface area (Å²) in [6.07, 6.45) is 8.98. The van der Waals surface area contributed by atoms with Gasteiger partial charge in [0.2, 0.25) is 0 Å². The Hall–Kier alpha value is -0.890. The Morgan fingerprint density at radius 1 is 1.13 bits per heavy atom. The minimum absolute atomic E-state index is 0.421. The lowest BCUT2D eigenvalue weighted by Gasteiger charge is -2.36. The summed E-state index contributed by atoms with van der Waals surface area (Å²) in [4.78, 5) is 0. The molecule has 3 aliphatic rings. The van der Waals surface area contributed by atoms with Gasteiger partial charge >= 0.3 is 0 Å². The van der Waals surface area contributed by atoms with E-state index in [0.29, 0.717) is 45.3 Å². The van der Waals surface area contributed by atoms with E-state index in [1.54, 1.807) is 15.7 Å². The van der Waals surface area contributed by atoms with Crippen LogP contribution in [0.5, 0.6) is 0 Å². The number of hydrogen-bond acceptors (Lipinski definition) is 4. The highest BCUT2D eigenvalue weighted by Crippen LogP contribution is 2.31. The number of piperidine rings is 1. The van der Waals surface area contributed by atoms with Crippen molar-refractivity contribution in [2.45, 2.75) is 19.3 Å². The van der Waals surface area contributed by atoms with Crippen molar-refractivity contribution in [2.24, 2.45) is 5.92 Å². The van der Waals surface area contributed by atoms with Gasteiger partial charge in [0, 0.05) is 32.6 Å². The predicted octanol–water partition coefficient (Wildman–Crippen LogP) is 1.34. The molecular formula is C16H25N2O4S. The molecule has 2 fully saturated rings. The topological polar surface area (TPSA) is 59.1 Å². The quantitative estimate of drug-likeness (QED) is 0.774. The summed E-state index contributed by atoms with van der Waals surface area (Å²) in [6.45, 7) is 3.07. The van der Waals surface area contributed by atoms with E-state index in [2.05, 4.69) is 18.6 Å². The van der Waals surface area contributed by atoms with Crippen molar-refractivity contribution in [3.63, 3.8) is 0 Å². The SMILES string of the molecule is COC1=CC(C2CCN(S(=O)(=O)N3CCOCC3)CC2)=CC[CH]1. The summed E-state index contributed by atoms with van der Waals surface area (Å²) in [5, 5.41) is 0. The fourth-order valence-electron chi connectivity index (χ4n) is 3.38. The molecule has 0 bridgehead atoms. The van der Waals surface area contributed by atoms with E-state index >= 15 is 0 Å². The second-order valence-corrected chi connectivity index (χ2v) is 8.02. The van der Waals surface area contributed by atoms with Crippen LogP contribution in [-0.2, 0) is 19.7 Å². The van der Waals surface area contributed by atoms with Crippen molar-refractivity contribution in [1.29, 1.82) is 0 Å². The van der Waals surface area contributed by atoms with E-state index in [1.807, 2.05) is 0 Å². The molecule has 1 radical (unpaired) electrons. The minimum atomic E-state index is -3.33. The second kappa shape index (κ2) is 7.34. The van der Waals surface area contributed by atoms with Gasteiger partial charge in [-0.05, 0) is 36.8 Å². The van der Waals surface area contributed by atoms with E-state index in [0.717, 1.165) is 25.0 Å². The van der Waals surface area contributed by atoms with Gasteiger partial charge in [-0.25, -0.2) is 0 Å². The Balaban J connectivity index is 1.60. The van der Waals surface area contributed by atoms with Gasteiger partial charge in [-0.2, -0.15) is 17.0 Å². The summed E-state index contributed by atoms with van der Waals surface area (Å²) in [7, 11) is -1.65. The number of ether oxygens (including phenoxy) is 2. The maximum atomic E-state index is 12.7. The lowest BCUT2D eigenvalue weighted by molar-refractivity contribution is 0.0695. The molecule has 0 unspecified atom stereocenters. The minimum Gasteiger partial charge on any atom is -0.501 e. The van der Waals surface area contributed by atoms with E-state index in [1.165, 1.54) is 5.57 Å². The zero-order valence-electron chi connectivity index (χ0n) is 13.6. The van der Waals surface area contributed by atoms with Crippen LogP contribution in [0.25, 0.3) is 0 Å². The highest BCUT2D eigenvalue weighted by atomic mass is 32.2. The third kappa shape index (κ3) is 3.79. The monoisotopic (exact) mass is 341 g/mol. The first-order valence-corrected chi connectivity index (χ1v) is 9.63. The van der Waals surface area contributed by atoms with Crippen LogP contribution < -0.4 is 0 Å².